The van der Waals surface area contributed by atoms with E-state index in [4.69, 9.17) is 13.0 Å². The highest BCUT2D eigenvalue weighted by molar-refractivity contribution is 6.85. The van der Waals surface area contributed by atoms with Crippen molar-refractivity contribution in [1.82, 2.24) is 0 Å². The van der Waals surface area contributed by atoms with Crippen molar-refractivity contribution in [1.29, 1.82) is 0 Å². The summed E-state index contributed by atoms with van der Waals surface area (Å²) in [6, 6.07) is 0.394. The van der Waals surface area contributed by atoms with Crippen LogP contribution >= 0.6 is 0 Å². The van der Waals surface area contributed by atoms with Crippen LogP contribution in [0.5, 0.6) is 0 Å². The maximum atomic E-state index is 11.4. The van der Waals surface area contributed by atoms with E-state index >= 15 is 0 Å². The summed E-state index contributed by atoms with van der Waals surface area (Å²) >= 11 is 0. The molecular weight excluding hydrogens is 397 g/mol. The molecule has 26 heavy (non-hydrogen) atoms. The Hall–Kier alpha value is -0.0425. The van der Waals surface area contributed by atoms with Crippen molar-refractivity contribution in [3.63, 3.8) is 0 Å². The summed E-state index contributed by atoms with van der Waals surface area (Å²) in [5.74, 6) is -0.443. The zero-order valence-corrected chi connectivity index (χ0v) is 23.0. The summed E-state index contributed by atoms with van der Waals surface area (Å²) in [7, 11) is -7.28. The Balaban J connectivity index is 0. The van der Waals surface area contributed by atoms with E-state index in [1.54, 1.807) is 6.92 Å². The standard InChI is InChI=1S/C14H32O5Si3.C3H10Si/c1-12(2)14(15)17-10-13(3)11-22(16,18-20(4,5)6)19-21(7,8)9;1-4(2)3/h13,16H,1,10-11H2,2-9H3;4H,1-3H3. The first kappa shape index (κ1) is 28.2. The lowest BCUT2D eigenvalue weighted by molar-refractivity contribution is -0.140. The van der Waals surface area contributed by atoms with Crippen LogP contribution in [-0.2, 0) is 17.8 Å². The van der Waals surface area contributed by atoms with E-state index in [1.807, 2.05) is 46.2 Å². The van der Waals surface area contributed by atoms with Crippen LogP contribution in [0.1, 0.15) is 13.8 Å². The fraction of sp³-hybridized carbons (Fsp3) is 0.824. The lowest BCUT2D eigenvalue weighted by Gasteiger charge is -2.37. The second kappa shape index (κ2) is 11.7. The van der Waals surface area contributed by atoms with Gasteiger partial charge in [-0.15, -0.1) is 0 Å². The van der Waals surface area contributed by atoms with Crippen molar-refractivity contribution in [2.45, 2.75) is 78.8 Å². The Labute approximate surface area is 166 Å². The molecule has 0 aliphatic carbocycles. The molecule has 0 radical (unpaired) electrons. The van der Waals surface area contributed by atoms with Crippen molar-refractivity contribution < 1.29 is 22.6 Å². The molecule has 156 valence electrons. The van der Waals surface area contributed by atoms with Crippen LogP contribution in [0.25, 0.3) is 0 Å². The Morgan fingerprint density at radius 2 is 1.38 bits per heavy atom. The second-order valence-corrected chi connectivity index (χ2v) is 24.9. The number of esters is 1. The molecule has 1 N–H and O–H groups in total. The lowest BCUT2D eigenvalue weighted by atomic mass is 10.2. The summed E-state index contributed by atoms with van der Waals surface area (Å²) in [6.45, 7) is 26.4. The number of carbonyl (C=O) groups excluding carboxylic acids is 1. The van der Waals surface area contributed by atoms with Gasteiger partial charge in [0.1, 0.15) is 0 Å². The van der Waals surface area contributed by atoms with Gasteiger partial charge in [0, 0.05) is 20.4 Å². The molecule has 5 nitrogen and oxygen atoms in total. The number of carbonyl (C=O) groups is 1. The second-order valence-electron chi connectivity index (χ2n) is 9.56. The van der Waals surface area contributed by atoms with Crippen LogP contribution in [-0.4, -0.2) is 51.6 Å². The minimum atomic E-state index is -3.27. The summed E-state index contributed by atoms with van der Waals surface area (Å²) < 4.78 is 17.2. The zero-order valence-electron chi connectivity index (χ0n) is 18.9. The molecule has 1 unspecified atom stereocenters. The molecular formula is C17H42O5Si4. The Kier molecular flexibility index (Phi) is 12.7. The van der Waals surface area contributed by atoms with Crippen molar-refractivity contribution in [3.05, 3.63) is 12.2 Å². The Morgan fingerprint density at radius 1 is 1.04 bits per heavy atom. The molecule has 0 aromatic carbocycles. The predicted molar refractivity (Wildman–Crippen MR) is 121 cm³/mol. The fourth-order valence-electron chi connectivity index (χ4n) is 1.90. The molecule has 0 heterocycles. The normalized spacial score (nSPS) is 13.7. The smallest absolute Gasteiger partial charge is 0.462 e. The highest BCUT2D eigenvalue weighted by Crippen LogP contribution is 2.25. The average Bonchev–Trinajstić information content (AvgIpc) is 2.29. The molecule has 0 spiro atoms. The molecule has 0 saturated heterocycles. The maximum Gasteiger partial charge on any atom is 0.477 e. The number of ether oxygens (including phenoxy) is 1. The van der Waals surface area contributed by atoms with Gasteiger partial charge in [-0.3, -0.25) is 0 Å². The van der Waals surface area contributed by atoms with Gasteiger partial charge < -0.3 is 17.8 Å². The molecule has 1 atom stereocenters. The monoisotopic (exact) mass is 438 g/mol. The average molecular weight is 439 g/mol. The third-order valence-electron chi connectivity index (χ3n) is 2.39. The van der Waals surface area contributed by atoms with Crippen molar-refractivity contribution in [2.75, 3.05) is 6.61 Å². The van der Waals surface area contributed by atoms with E-state index in [0.29, 0.717) is 11.6 Å². The SMILES string of the molecule is C=C(C)C(=O)OCC(C)C[Si](O)(O[Si](C)(C)C)O[Si](C)(C)C.C[SiH](C)C. The van der Waals surface area contributed by atoms with Gasteiger partial charge in [0.2, 0.25) is 0 Å². The van der Waals surface area contributed by atoms with E-state index in [2.05, 4.69) is 26.2 Å². The first-order valence-electron chi connectivity index (χ1n) is 9.32. The van der Waals surface area contributed by atoms with Gasteiger partial charge in [0.15, 0.2) is 16.6 Å². The topological polar surface area (TPSA) is 65.0 Å². The fourth-order valence-corrected chi connectivity index (χ4v) is 11.8. The maximum absolute atomic E-state index is 11.4. The van der Waals surface area contributed by atoms with E-state index in [-0.39, 0.29) is 21.3 Å². The summed E-state index contributed by atoms with van der Waals surface area (Å²) in [5, 5.41) is 0. The molecule has 0 aliphatic heterocycles. The molecule has 0 saturated carbocycles. The molecule has 0 bridgehead atoms. The van der Waals surface area contributed by atoms with Gasteiger partial charge in [-0.2, -0.15) is 0 Å². The van der Waals surface area contributed by atoms with Gasteiger partial charge in [-0.05, 0) is 52.1 Å². The minimum absolute atomic E-state index is 0.0346. The molecule has 0 fully saturated rings. The largest absolute Gasteiger partial charge is 0.477 e. The summed E-state index contributed by atoms with van der Waals surface area (Å²) in [6.07, 6.45) is 0. The third kappa shape index (κ3) is 18.7. The lowest BCUT2D eigenvalue weighted by Crippen LogP contribution is -2.55. The van der Waals surface area contributed by atoms with Gasteiger partial charge in [0.05, 0.1) is 6.61 Å². The third-order valence-corrected chi connectivity index (χ3v) is 11.0. The molecule has 0 aliphatic rings. The van der Waals surface area contributed by atoms with Crippen LogP contribution in [0.2, 0.25) is 65.0 Å². The van der Waals surface area contributed by atoms with Gasteiger partial charge >= 0.3 is 14.8 Å². The van der Waals surface area contributed by atoms with Gasteiger partial charge in [-0.1, -0.05) is 33.1 Å². The molecule has 9 heteroatoms. The van der Waals surface area contributed by atoms with Gasteiger partial charge in [-0.25, -0.2) is 4.79 Å². The van der Waals surface area contributed by atoms with Crippen LogP contribution in [0.3, 0.4) is 0 Å². The van der Waals surface area contributed by atoms with Crippen molar-refractivity contribution in [2.24, 2.45) is 5.92 Å². The van der Waals surface area contributed by atoms with Crippen LogP contribution in [0.4, 0.5) is 0 Å². The molecule has 0 aromatic heterocycles. The summed E-state index contributed by atoms with van der Waals surface area (Å²) in [5.41, 5.74) is 0.372. The quantitative estimate of drug-likeness (QED) is 0.326. The molecule has 0 aromatic rings. The summed E-state index contributed by atoms with van der Waals surface area (Å²) in [4.78, 5) is 22.4. The number of hydrogen-bond acceptors (Lipinski definition) is 5. The van der Waals surface area contributed by atoms with Gasteiger partial charge in [0.25, 0.3) is 0 Å². The van der Waals surface area contributed by atoms with E-state index in [9.17, 15) is 9.59 Å². The van der Waals surface area contributed by atoms with E-state index < -0.39 is 31.4 Å². The van der Waals surface area contributed by atoms with Crippen molar-refractivity contribution in [3.8, 4) is 0 Å². The first-order chi connectivity index (χ1) is 11.4. The molecule has 0 amide bonds. The number of rotatable bonds is 9. The van der Waals surface area contributed by atoms with E-state index in [0.717, 1.165) is 0 Å². The minimum Gasteiger partial charge on any atom is -0.462 e. The zero-order chi connectivity index (χ0) is 21.3. The van der Waals surface area contributed by atoms with Crippen molar-refractivity contribution >= 4 is 40.2 Å². The predicted octanol–water partition coefficient (Wildman–Crippen LogP) is 4.48. The highest BCUT2D eigenvalue weighted by Gasteiger charge is 2.45. The Bertz CT molecular complexity index is 423. The van der Waals surface area contributed by atoms with Crippen LogP contribution < -0.4 is 0 Å². The number of hydrogen-bond donors (Lipinski definition) is 1. The van der Waals surface area contributed by atoms with Crippen LogP contribution in [0, 0.1) is 5.92 Å². The highest BCUT2D eigenvalue weighted by atomic mass is 28.5. The Morgan fingerprint density at radius 3 is 1.65 bits per heavy atom. The van der Waals surface area contributed by atoms with Crippen LogP contribution in [0.15, 0.2) is 12.2 Å². The van der Waals surface area contributed by atoms with E-state index in [1.165, 1.54) is 0 Å². The molecule has 0 rings (SSSR count). The first-order valence-corrected chi connectivity index (χ1v) is 21.6.